The van der Waals surface area contributed by atoms with E-state index in [0.29, 0.717) is 0 Å². The smallest absolute Gasteiger partial charge is 0.0762 e. The van der Waals surface area contributed by atoms with E-state index >= 15 is 0 Å². The molecule has 17 heavy (non-hydrogen) atoms. The van der Waals surface area contributed by atoms with Crippen LogP contribution in [-0.4, -0.2) is 16.3 Å². The molecule has 0 aliphatic heterocycles. The van der Waals surface area contributed by atoms with Crippen LogP contribution < -0.4 is 5.32 Å². The summed E-state index contributed by atoms with van der Waals surface area (Å²) in [5.74, 6) is 0. The van der Waals surface area contributed by atoms with Crippen molar-refractivity contribution in [2.45, 2.75) is 32.9 Å². The van der Waals surface area contributed by atoms with Crippen LogP contribution in [0, 0.1) is 0 Å². The molecule has 0 spiro atoms. The minimum absolute atomic E-state index is 0.874. The average Bonchev–Trinajstić information content (AvgIpc) is 2.98. The maximum atomic E-state index is 4.54. The van der Waals surface area contributed by atoms with E-state index in [2.05, 4.69) is 46.4 Å². The van der Waals surface area contributed by atoms with Crippen LogP contribution in [0.3, 0.4) is 0 Å². The van der Waals surface area contributed by atoms with E-state index < -0.39 is 0 Å². The predicted octanol–water partition coefficient (Wildman–Crippen LogP) is 2.69. The highest BCUT2D eigenvalue weighted by atomic mass is 32.1. The van der Waals surface area contributed by atoms with Gasteiger partial charge < -0.3 is 5.32 Å². The second-order valence-electron chi connectivity index (χ2n) is 4.13. The molecule has 0 amide bonds. The lowest BCUT2D eigenvalue weighted by Crippen LogP contribution is -2.14. The van der Waals surface area contributed by atoms with Crippen molar-refractivity contribution in [3.8, 4) is 0 Å². The summed E-state index contributed by atoms with van der Waals surface area (Å²) in [7, 11) is 0. The van der Waals surface area contributed by atoms with Crippen molar-refractivity contribution in [1.29, 1.82) is 0 Å². The van der Waals surface area contributed by atoms with Gasteiger partial charge in [-0.3, -0.25) is 4.68 Å². The van der Waals surface area contributed by atoms with E-state index in [1.807, 2.05) is 4.68 Å². The molecule has 1 N–H and O–H groups in total. The summed E-state index contributed by atoms with van der Waals surface area (Å²) >= 11 is 1.75. The highest BCUT2D eigenvalue weighted by Crippen LogP contribution is 2.07. The molecule has 0 fully saturated rings. The first-order valence-electron chi connectivity index (χ1n) is 6.12. The van der Waals surface area contributed by atoms with Crippen LogP contribution in [0.5, 0.6) is 0 Å². The van der Waals surface area contributed by atoms with E-state index in [0.717, 1.165) is 31.7 Å². The van der Waals surface area contributed by atoms with Crippen molar-refractivity contribution >= 4 is 11.3 Å². The number of thiophene rings is 1. The zero-order chi connectivity index (χ0) is 11.9. The Morgan fingerprint density at radius 3 is 3.12 bits per heavy atom. The van der Waals surface area contributed by atoms with Gasteiger partial charge in [0, 0.05) is 19.3 Å². The summed E-state index contributed by atoms with van der Waals surface area (Å²) in [6.45, 7) is 5.07. The minimum Gasteiger partial charge on any atom is -0.311 e. The summed E-state index contributed by atoms with van der Waals surface area (Å²) in [4.78, 5) is 0. The summed E-state index contributed by atoms with van der Waals surface area (Å²) in [6, 6.07) is 4.27. The van der Waals surface area contributed by atoms with Crippen LogP contribution >= 0.6 is 11.3 Å². The molecule has 0 radical (unpaired) electrons. The van der Waals surface area contributed by atoms with Gasteiger partial charge in [0.05, 0.1) is 5.69 Å². The molecule has 0 atom stereocenters. The Labute approximate surface area is 106 Å². The van der Waals surface area contributed by atoms with Gasteiger partial charge in [-0.05, 0) is 47.8 Å². The van der Waals surface area contributed by atoms with Crippen LogP contribution in [0.15, 0.2) is 29.1 Å². The van der Waals surface area contributed by atoms with Crippen LogP contribution in [0.25, 0.3) is 0 Å². The third-order valence-corrected chi connectivity index (χ3v) is 3.37. The molecule has 3 nitrogen and oxygen atoms in total. The fourth-order valence-corrected chi connectivity index (χ4v) is 2.40. The molecular formula is C13H19N3S. The largest absolute Gasteiger partial charge is 0.311 e. The standard InChI is InChI=1S/C13H19N3S/c1-2-6-14-10-13-4-8-16(15-13)7-3-12-5-9-17-11-12/h4-5,8-9,11,14H,2-3,6-7,10H2,1H3. The highest BCUT2D eigenvalue weighted by Gasteiger charge is 1.99. The molecule has 0 aliphatic carbocycles. The van der Waals surface area contributed by atoms with Crippen LogP contribution in [0.1, 0.15) is 24.6 Å². The Morgan fingerprint density at radius 2 is 2.35 bits per heavy atom. The quantitative estimate of drug-likeness (QED) is 0.765. The topological polar surface area (TPSA) is 29.9 Å². The lowest BCUT2D eigenvalue weighted by atomic mass is 10.2. The SMILES string of the molecule is CCCNCc1ccn(CCc2ccsc2)n1. The number of hydrogen-bond acceptors (Lipinski definition) is 3. The molecule has 0 aliphatic rings. The van der Waals surface area contributed by atoms with Gasteiger partial charge in [0.1, 0.15) is 0 Å². The molecule has 2 aromatic heterocycles. The number of aryl methyl sites for hydroxylation is 2. The molecule has 0 unspecified atom stereocenters. The highest BCUT2D eigenvalue weighted by molar-refractivity contribution is 7.07. The lowest BCUT2D eigenvalue weighted by Gasteiger charge is -2.01. The molecule has 0 aromatic carbocycles. The predicted molar refractivity (Wildman–Crippen MR) is 72.2 cm³/mol. The van der Waals surface area contributed by atoms with E-state index in [9.17, 15) is 0 Å². The Bertz CT molecular complexity index is 420. The van der Waals surface area contributed by atoms with E-state index in [4.69, 9.17) is 0 Å². The Morgan fingerprint density at radius 1 is 1.41 bits per heavy atom. The van der Waals surface area contributed by atoms with Crippen LogP contribution in [0.4, 0.5) is 0 Å². The van der Waals surface area contributed by atoms with Gasteiger partial charge in [-0.2, -0.15) is 16.4 Å². The summed E-state index contributed by atoms with van der Waals surface area (Å²) in [5.41, 5.74) is 2.53. The molecule has 0 saturated heterocycles. The van der Waals surface area contributed by atoms with Crippen molar-refractivity contribution in [2.24, 2.45) is 0 Å². The fraction of sp³-hybridized carbons (Fsp3) is 0.462. The van der Waals surface area contributed by atoms with Gasteiger partial charge in [0.15, 0.2) is 0 Å². The van der Waals surface area contributed by atoms with Gasteiger partial charge >= 0.3 is 0 Å². The van der Waals surface area contributed by atoms with E-state index in [1.54, 1.807) is 11.3 Å². The molecule has 0 bridgehead atoms. The molecule has 2 rings (SSSR count). The summed E-state index contributed by atoms with van der Waals surface area (Å²) < 4.78 is 2.03. The van der Waals surface area contributed by atoms with E-state index in [1.165, 1.54) is 12.0 Å². The van der Waals surface area contributed by atoms with E-state index in [-0.39, 0.29) is 0 Å². The Hall–Kier alpha value is -1.13. The van der Waals surface area contributed by atoms with Crippen LogP contribution in [0.2, 0.25) is 0 Å². The normalized spacial score (nSPS) is 10.9. The second kappa shape index (κ2) is 6.57. The number of nitrogens with zero attached hydrogens (tertiary/aromatic N) is 2. The summed E-state index contributed by atoms with van der Waals surface area (Å²) in [6.07, 6.45) is 4.29. The molecule has 4 heteroatoms. The van der Waals surface area contributed by atoms with Crippen molar-refractivity contribution < 1.29 is 0 Å². The third kappa shape index (κ3) is 3.98. The van der Waals surface area contributed by atoms with Crippen LogP contribution in [-0.2, 0) is 19.5 Å². The number of rotatable bonds is 7. The van der Waals surface area contributed by atoms with Gasteiger partial charge in [0.25, 0.3) is 0 Å². The molecule has 2 heterocycles. The van der Waals surface area contributed by atoms with Gasteiger partial charge in [0.2, 0.25) is 0 Å². The Kier molecular flexibility index (Phi) is 4.76. The molecular weight excluding hydrogens is 230 g/mol. The number of aromatic nitrogens is 2. The van der Waals surface area contributed by atoms with Gasteiger partial charge in [-0.15, -0.1) is 0 Å². The van der Waals surface area contributed by atoms with Gasteiger partial charge in [-0.1, -0.05) is 6.92 Å². The van der Waals surface area contributed by atoms with Crippen molar-refractivity contribution in [3.05, 3.63) is 40.3 Å². The Balaban J connectivity index is 1.77. The molecule has 0 saturated carbocycles. The second-order valence-corrected chi connectivity index (χ2v) is 4.91. The number of nitrogens with one attached hydrogen (secondary N) is 1. The summed E-state index contributed by atoms with van der Waals surface area (Å²) in [5, 5.41) is 12.2. The third-order valence-electron chi connectivity index (χ3n) is 2.64. The fourth-order valence-electron chi connectivity index (χ4n) is 1.69. The maximum absolute atomic E-state index is 4.54. The molecule has 2 aromatic rings. The maximum Gasteiger partial charge on any atom is 0.0762 e. The first kappa shape index (κ1) is 12.3. The van der Waals surface area contributed by atoms with Gasteiger partial charge in [-0.25, -0.2) is 0 Å². The van der Waals surface area contributed by atoms with Crippen molar-refractivity contribution in [2.75, 3.05) is 6.54 Å². The van der Waals surface area contributed by atoms with Crippen molar-refractivity contribution in [1.82, 2.24) is 15.1 Å². The first-order chi connectivity index (χ1) is 8.38. The number of hydrogen-bond donors (Lipinski definition) is 1. The monoisotopic (exact) mass is 249 g/mol. The zero-order valence-electron chi connectivity index (χ0n) is 10.2. The lowest BCUT2D eigenvalue weighted by molar-refractivity contribution is 0.590. The zero-order valence-corrected chi connectivity index (χ0v) is 11.0. The molecule has 92 valence electrons. The first-order valence-corrected chi connectivity index (χ1v) is 7.07. The van der Waals surface area contributed by atoms with Crippen molar-refractivity contribution in [3.63, 3.8) is 0 Å². The average molecular weight is 249 g/mol. The minimum atomic E-state index is 0.874.